The molecule has 24 heavy (non-hydrogen) atoms. The van der Waals surface area contributed by atoms with Crippen molar-refractivity contribution in [3.05, 3.63) is 71.3 Å². The molecule has 1 heterocycles. The molecule has 0 aliphatic heterocycles. The first-order chi connectivity index (χ1) is 11.8. The Morgan fingerprint density at radius 1 is 1.08 bits per heavy atom. The molecular formula is C19H18ClN3S. The van der Waals surface area contributed by atoms with Gasteiger partial charge in [0.2, 0.25) is 0 Å². The van der Waals surface area contributed by atoms with E-state index in [0.29, 0.717) is 5.02 Å². The van der Waals surface area contributed by atoms with E-state index >= 15 is 0 Å². The van der Waals surface area contributed by atoms with Crippen molar-refractivity contribution in [3.63, 3.8) is 0 Å². The number of rotatable bonds is 6. The smallest absolute Gasteiger partial charge is 0.191 e. The molecule has 0 saturated carbocycles. The summed E-state index contributed by atoms with van der Waals surface area (Å²) in [4.78, 5) is 0. The molecule has 0 atom stereocenters. The number of hydrogen-bond donors (Lipinski definition) is 0. The zero-order chi connectivity index (χ0) is 16.8. The summed E-state index contributed by atoms with van der Waals surface area (Å²) in [5.41, 5.74) is 2.19. The van der Waals surface area contributed by atoms with Crippen LogP contribution in [0.15, 0.2) is 65.8 Å². The summed E-state index contributed by atoms with van der Waals surface area (Å²) in [6.07, 6.45) is 4.27. The first-order valence-corrected chi connectivity index (χ1v) is 9.18. The van der Waals surface area contributed by atoms with Crippen LogP contribution in [0, 0.1) is 0 Å². The predicted molar refractivity (Wildman–Crippen MR) is 102 cm³/mol. The zero-order valence-electron chi connectivity index (χ0n) is 13.4. The normalized spacial score (nSPS) is 11.2. The summed E-state index contributed by atoms with van der Waals surface area (Å²) in [5, 5.41) is 10.3. The Kier molecular flexibility index (Phi) is 5.72. The summed E-state index contributed by atoms with van der Waals surface area (Å²) in [7, 11) is 0. The molecule has 0 aliphatic carbocycles. The van der Waals surface area contributed by atoms with E-state index in [1.54, 1.807) is 11.8 Å². The molecule has 0 spiro atoms. The average molecular weight is 356 g/mol. The summed E-state index contributed by atoms with van der Waals surface area (Å²) in [5.74, 6) is 1.71. The van der Waals surface area contributed by atoms with Crippen molar-refractivity contribution in [2.24, 2.45) is 0 Å². The predicted octanol–water partition coefficient (Wildman–Crippen LogP) is 5.42. The van der Waals surface area contributed by atoms with Crippen molar-refractivity contribution < 1.29 is 0 Å². The summed E-state index contributed by atoms with van der Waals surface area (Å²) < 4.78 is 2.12. The largest absolute Gasteiger partial charge is 0.302 e. The summed E-state index contributed by atoms with van der Waals surface area (Å²) >= 11 is 7.77. The molecule has 0 bridgehead atoms. The van der Waals surface area contributed by atoms with Gasteiger partial charge in [0, 0.05) is 22.9 Å². The molecule has 0 N–H and O–H groups in total. The van der Waals surface area contributed by atoms with Crippen LogP contribution in [-0.4, -0.2) is 20.5 Å². The van der Waals surface area contributed by atoms with Gasteiger partial charge in [-0.25, -0.2) is 0 Å². The van der Waals surface area contributed by atoms with Crippen molar-refractivity contribution in [2.75, 3.05) is 5.75 Å². The van der Waals surface area contributed by atoms with E-state index in [9.17, 15) is 0 Å². The van der Waals surface area contributed by atoms with Crippen LogP contribution >= 0.6 is 23.4 Å². The maximum absolute atomic E-state index is 6.09. The van der Waals surface area contributed by atoms with Gasteiger partial charge < -0.3 is 4.57 Å². The number of nitrogens with zero attached hydrogens (tertiary/aromatic N) is 3. The van der Waals surface area contributed by atoms with Crippen LogP contribution in [0.2, 0.25) is 5.02 Å². The molecule has 5 heteroatoms. The maximum Gasteiger partial charge on any atom is 0.191 e. The second-order valence-electron chi connectivity index (χ2n) is 5.18. The Labute approximate surface area is 151 Å². The number of aromatic nitrogens is 3. The van der Waals surface area contributed by atoms with Crippen LogP contribution in [-0.2, 0) is 6.54 Å². The lowest BCUT2D eigenvalue weighted by Gasteiger charge is -2.06. The quantitative estimate of drug-likeness (QED) is 0.553. The van der Waals surface area contributed by atoms with Crippen LogP contribution in [0.1, 0.15) is 12.5 Å². The van der Waals surface area contributed by atoms with Crippen molar-refractivity contribution in [3.8, 4) is 11.4 Å². The topological polar surface area (TPSA) is 30.7 Å². The molecule has 2 aromatic carbocycles. The lowest BCUT2D eigenvalue weighted by molar-refractivity contribution is 0.688. The van der Waals surface area contributed by atoms with Gasteiger partial charge in [-0.15, -0.1) is 10.2 Å². The first-order valence-electron chi connectivity index (χ1n) is 7.81. The Balaban J connectivity index is 1.72. The molecule has 3 aromatic rings. The van der Waals surface area contributed by atoms with E-state index in [1.165, 1.54) is 5.56 Å². The maximum atomic E-state index is 6.09. The van der Waals surface area contributed by atoms with Gasteiger partial charge >= 0.3 is 0 Å². The highest BCUT2D eigenvalue weighted by Gasteiger charge is 2.12. The highest BCUT2D eigenvalue weighted by atomic mass is 35.5. The fourth-order valence-electron chi connectivity index (χ4n) is 2.39. The van der Waals surface area contributed by atoms with Crippen molar-refractivity contribution in [1.29, 1.82) is 0 Å². The minimum Gasteiger partial charge on any atom is -0.302 e. The van der Waals surface area contributed by atoms with Crippen LogP contribution in [0.25, 0.3) is 17.5 Å². The van der Waals surface area contributed by atoms with Gasteiger partial charge in [0.1, 0.15) is 0 Å². The molecule has 0 saturated heterocycles. The van der Waals surface area contributed by atoms with Gasteiger partial charge in [0.25, 0.3) is 0 Å². The van der Waals surface area contributed by atoms with Gasteiger partial charge in [-0.3, -0.25) is 0 Å². The van der Waals surface area contributed by atoms with Gasteiger partial charge in [-0.2, -0.15) is 0 Å². The van der Waals surface area contributed by atoms with E-state index in [0.717, 1.165) is 28.8 Å². The van der Waals surface area contributed by atoms with E-state index in [-0.39, 0.29) is 0 Å². The Morgan fingerprint density at radius 3 is 2.67 bits per heavy atom. The molecule has 0 aliphatic rings. The van der Waals surface area contributed by atoms with Crippen LogP contribution in [0.3, 0.4) is 0 Å². The van der Waals surface area contributed by atoms with Crippen molar-refractivity contribution in [2.45, 2.75) is 18.6 Å². The number of benzene rings is 2. The van der Waals surface area contributed by atoms with Crippen LogP contribution in [0.4, 0.5) is 0 Å². The van der Waals surface area contributed by atoms with E-state index in [2.05, 4.69) is 46.0 Å². The second kappa shape index (κ2) is 8.18. The van der Waals surface area contributed by atoms with E-state index < -0.39 is 0 Å². The Hall–Kier alpha value is -2.04. The first kappa shape index (κ1) is 16.8. The molecule has 3 rings (SSSR count). The summed E-state index contributed by atoms with van der Waals surface area (Å²) in [6, 6.07) is 18.0. The molecule has 0 unspecified atom stereocenters. The highest BCUT2D eigenvalue weighted by Crippen LogP contribution is 2.25. The van der Waals surface area contributed by atoms with Crippen LogP contribution in [0.5, 0.6) is 0 Å². The third kappa shape index (κ3) is 4.08. The zero-order valence-corrected chi connectivity index (χ0v) is 15.0. The van der Waals surface area contributed by atoms with Crippen molar-refractivity contribution >= 4 is 29.4 Å². The SMILES string of the molecule is CCn1c(SCC=Cc2ccccc2)nnc1-c1cccc(Cl)c1. The van der Waals surface area contributed by atoms with E-state index in [4.69, 9.17) is 11.6 Å². The molecule has 0 fully saturated rings. The number of thioether (sulfide) groups is 1. The average Bonchev–Trinajstić information content (AvgIpc) is 3.02. The lowest BCUT2D eigenvalue weighted by Crippen LogP contribution is -1.99. The third-order valence-corrected chi connectivity index (χ3v) is 4.69. The summed E-state index contributed by atoms with van der Waals surface area (Å²) in [6.45, 7) is 2.92. The van der Waals surface area contributed by atoms with Gasteiger partial charge in [0.05, 0.1) is 0 Å². The minimum atomic E-state index is 0.707. The highest BCUT2D eigenvalue weighted by molar-refractivity contribution is 7.99. The monoisotopic (exact) mass is 355 g/mol. The van der Waals surface area contributed by atoms with Crippen LogP contribution < -0.4 is 0 Å². The standard InChI is InChI=1S/C19H18ClN3S/c1-2-23-18(16-11-6-12-17(20)14-16)21-22-19(23)24-13-7-10-15-8-4-3-5-9-15/h3-12,14H,2,13H2,1H3. The van der Waals surface area contributed by atoms with E-state index in [1.807, 2.05) is 42.5 Å². The minimum absolute atomic E-state index is 0.707. The molecule has 0 radical (unpaired) electrons. The fourth-order valence-corrected chi connectivity index (χ4v) is 3.39. The fraction of sp³-hybridized carbons (Fsp3) is 0.158. The Bertz CT molecular complexity index is 828. The van der Waals surface area contributed by atoms with Gasteiger partial charge in [-0.05, 0) is 24.6 Å². The number of hydrogen-bond acceptors (Lipinski definition) is 3. The molecule has 122 valence electrons. The number of halogens is 1. The lowest BCUT2D eigenvalue weighted by atomic mass is 10.2. The molecule has 0 amide bonds. The van der Waals surface area contributed by atoms with Gasteiger partial charge in [-0.1, -0.05) is 78.0 Å². The Morgan fingerprint density at radius 2 is 1.92 bits per heavy atom. The second-order valence-corrected chi connectivity index (χ2v) is 6.61. The molecule has 3 nitrogen and oxygen atoms in total. The van der Waals surface area contributed by atoms with Crippen molar-refractivity contribution in [1.82, 2.24) is 14.8 Å². The molecule has 1 aromatic heterocycles. The molecular weight excluding hydrogens is 338 g/mol. The third-order valence-electron chi connectivity index (χ3n) is 3.53. The van der Waals surface area contributed by atoms with Gasteiger partial charge in [0.15, 0.2) is 11.0 Å².